The van der Waals surface area contributed by atoms with Gasteiger partial charge in [-0.25, -0.2) is 4.79 Å². The number of rotatable bonds is 7. The quantitative estimate of drug-likeness (QED) is 0.458. The second-order valence-corrected chi connectivity index (χ2v) is 8.93. The topological polar surface area (TPSA) is 59.4 Å². The number of piperidine rings is 1. The maximum atomic E-state index is 13.4. The van der Waals surface area contributed by atoms with Crippen LogP contribution in [0.25, 0.3) is 0 Å². The zero-order valence-corrected chi connectivity index (χ0v) is 18.6. The van der Waals surface area contributed by atoms with Gasteiger partial charge in [0.2, 0.25) is 5.60 Å². The summed E-state index contributed by atoms with van der Waals surface area (Å²) in [5, 5.41) is 11.6. The van der Waals surface area contributed by atoms with E-state index in [0.29, 0.717) is 11.1 Å². The van der Waals surface area contributed by atoms with E-state index >= 15 is 0 Å². The monoisotopic (exact) mass is 431 g/mol. The Hall–Kier alpha value is -3.02. The highest BCUT2D eigenvalue weighted by atomic mass is 16.6. The largest absolute Gasteiger partial charge is 0.454 e. The van der Waals surface area contributed by atoms with Crippen molar-refractivity contribution in [3.8, 4) is 0 Å². The number of likely N-dealkylation sites (tertiary alicyclic amines) is 1. The predicted octanol–water partition coefficient (Wildman–Crippen LogP) is 3.71. The Morgan fingerprint density at radius 3 is 2.25 bits per heavy atom. The predicted molar refractivity (Wildman–Crippen MR) is 124 cm³/mol. The van der Waals surface area contributed by atoms with E-state index in [2.05, 4.69) is 12.0 Å². The molecule has 2 aromatic carbocycles. The summed E-state index contributed by atoms with van der Waals surface area (Å²) in [6.07, 6.45) is 4.26. The van der Waals surface area contributed by atoms with Gasteiger partial charge in [-0.15, -0.1) is 0 Å². The van der Waals surface area contributed by atoms with Gasteiger partial charge in [0.1, 0.15) is 6.54 Å². The van der Waals surface area contributed by atoms with Crippen LogP contribution < -0.4 is 0 Å². The highest BCUT2D eigenvalue weighted by molar-refractivity contribution is 5.85. The summed E-state index contributed by atoms with van der Waals surface area (Å²) in [7, 11) is 2.21. The molecule has 166 valence electrons. The Morgan fingerprint density at radius 2 is 1.66 bits per heavy atom. The van der Waals surface area contributed by atoms with Gasteiger partial charge in [-0.2, -0.15) is 0 Å². The lowest BCUT2D eigenvalue weighted by Crippen LogP contribution is -2.55. The SMILES string of the molecule is C[N+]1(CCc2ccccn2)CCCC(OC(=O)C(O)(c2ccccc2)c2ccccc2)C1. The highest BCUT2D eigenvalue weighted by Gasteiger charge is 2.44. The lowest BCUT2D eigenvalue weighted by Gasteiger charge is -2.41. The molecule has 0 bridgehead atoms. The zero-order valence-electron chi connectivity index (χ0n) is 18.6. The van der Waals surface area contributed by atoms with Crippen molar-refractivity contribution in [1.29, 1.82) is 0 Å². The van der Waals surface area contributed by atoms with Crippen LogP contribution in [-0.4, -0.2) is 53.3 Å². The molecule has 1 aliphatic rings. The third-order valence-corrected chi connectivity index (χ3v) is 6.45. The molecule has 0 radical (unpaired) electrons. The number of quaternary nitrogens is 1. The number of pyridine rings is 1. The van der Waals surface area contributed by atoms with Gasteiger partial charge >= 0.3 is 5.97 Å². The minimum Gasteiger partial charge on any atom is -0.454 e. The summed E-state index contributed by atoms with van der Waals surface area (Å²) in [6.45, 7) is 2.72. The van der Waals surface area contributed by atoms with E-state index in [-0.39, 0.29) is 6.10 Å². The molecular formula is C27H31N2O3+. The molecule has 1 aromatic heterocycles. The van der Waals surface area contributed by atoms with E-state index in [4.69, 9.17) is 4.74 Å². The Labute approximate surface area is 189 Å². The number of hydrogen-bond acceptors (Lipinski definition) is 4. The molecule has 0 aliphatic carbocycles. The van der Waals surface area contributed by atoms with Crippen molar-refractivity contribution < 1.29 is 19.1 Å². The maximum Gasteiger partial charge on any atom is 0.348 e. The summed E-state index contributed by atoms with van der Waals surface area (Å²) in [6, 6.07) is 24.1. The Morgan fingerprint density at radius 1 is 1.03 bits per heavy atom. The van der Waals surface area contributed by atoms with E-state index in [9.17, 15) is 9.90 Å². The van der Waals surface area contributed by atoms with Crippen LogP contribution in [0.3, 0.4) is 0 Å². The molecule has 1 saturated heterocycles. The van der Waals surface area contributed by atoms with Crippen LogP contribution in [-0.2, 0) is 21.6 Å². The van der Waals surface area contributed by atoms with Crippen LogP contribution in [0, 0.1) is 0 Å². The molecule has 1 N–H and O–H groups in total. The summed E-state index contributed by atoms with van der Waals surface area (Å²) in [5.74, 6) is -0.613. The summed E-state index contributed by atoms with van der Waals surface area (Å²) >= 11 is 0. The first-order valence-corrected chi connectivity index (χ1v) is 11.3. The van der Waals surface area contributed by atoms with E-state index in [1.807, 2.05) is 60.8 Å². The molecule has 2 heterocycles. The fourth-order valence-corrected chi connectivity index (χ4v) is 4.60. The van der Waals surface area contributed by atoms with Crippen molar-refractivity contribution >= 4 is 5.97 Å². The van der Waals surface area contributed by atoms with Gasteiger partial charge in [0.15, 0.2) is 6.10 Å². The smallest absolute Gasteiger partial charge is 0.348 e. The van der Waals surface area contributed by atoms with Gasteiger partial charge in [-0.05, 0) is 29.7 Å². The molecule has 2 atom stereocenters. The number of hydrogen-bond donors (Lipinski definition) is 1. The third-order valence-electron chi connectivity index (χ3n) is 6.45. The number of aromatic nitrogens is 1. The molecule has 2 unspecified atom stereocenters. The number of carbonyl (C=O) groups excluding carboxylic acids is 1. The van der Waals surface area contributed by atoms with E-state index in [0.717, 1.165) is 49.1 Å². The van der Waals surface area contributed by atoms with Crippen molar-refractivity contribution in [2.24, 2.45) is 0 Å². The normalized spacial score (nSPS) is 21.1. The number of nitrogens with zero attached hydrogens (tertiary/aromatic N) is 2. The van der Waals surface area contributed by atoms with Gasteiger partial charge in [-0.1, -0.05) is 66.7 Å². The van der Waals surface area contributed by atoms with E-state index in [1.165, 1.54) is 0 Å². The lowest BCUT2D eigenvalue weighted by atomic mass is 9.86. The van der Waals surface area contributed by atoms with Crippen LogP contribution in [0.1, 0.15) is 29.7 Å². The summed E-state index contributed by atoms with van der Waals surface area (Å²) in [5.41, 5.74) is 0.268. The molecule has 0 amide bonds. The number of ether oxygens (including phenoxy) is 1. The van der Waals surface area contributed by atoms with Gasteiger partial charge in [0.05, 0.1) is 20.1 Å². The first-order chi connectivity index (χ1) is 15.5. The summed E-state index contributed by atoms with van der Waals surface area (Å²) < 4.78 is 6.82. The van der Waals surface area contributed by atoms with Crippen molar-refractivity contribution in [1.82, 2.24) is 4.98 Å². The molecule has 5 nitrogen and oxygen atoms in total. The molecule has 1 fully saturated rings. The minimum absolute atomic E-state index is 0.232. The Bertz CT molecular complexity index is 971. The lowest BCUT2D eigenvalue weighted by molar-refractivity contribution is -0.916. The average Bonchev–Trinajstić information content (AvgIpc) is 2.84. The average molecular weight is 432 g/mol. The third kappa shape index (κ3) is 4.90. The molecule has 1 aliphatic heterocycles. The molecule has 0 saturated carbocycles. The Kier molecular flexibility index (Phi) is 6.68. The van der Waals surface area contributed by atoms with Gasteiger partial charge in [-0.3, -0.25) is 4.98 Å². The molecule has 4 rings (SSSR count). The number of aliphatic hydroxyl groups is 1. The van der Waals surface area contributed by atoms with Gasteiger partial charge < -0.3 is 14.3 Å². The molecular weight excluding hydrogens is 400 g/mol. The van der Waals surface area contributed by atoms with Crippen LogP contribution in [0.5, 0.6) is 0 Å². The molecule has 5 heteroatoms. The number of esters is 1. The second-order valence-electron chi connectivity index (χ2n) is 8.93. The number of carbonyl (C=O) groups is 1. The van der Waals surface area contributed by atoms with Crippen molar-refractivity contribution in [3.63, 3.8) is 0 Å². The van der Waals surface area contributed by atoms with Crippen molar-refractivity contribution in [2.45, 2.75) is 31.0 Å². The van der Waals surface area contributed by atoms with Crippen LogP contribution in [0.15, 0.2) is 85.1 Å². The zero-order chi connectivity index (χ0) is 22.4. The minimum atomic E-state index is -1.84. The number of benzene rings is 2. The highest BCUT2D eigenvalue weighted by Crippen LogP contribution is 2.32. The van der Waals surface area contributed by atoms with E-state index in [1.54, 1.807) is 24.3 Å². The maximum absolute atomic E-state index is 13.4. The molecule has 32 heavy (non-hydrogen) atoms. The van der Waals surface area contributed by atoms with Crippen molar-refractivity contribution in [3.05, 3.63) is 102 Å². The standard InChI is InChI=1S/C27H31N2O3/c1-29(20-17-24-15-8-9-18-28-24)19-10-16-25(21-29)32-26(30)27(31,22-11-4-2-5-12-22)23-13-6-3-7-14-23/h2-9,11-15,18,25,31H,10,16-17,19-21H2,1H3/q+1. The molecule has 3 aromatic rings. The second kappa shape index (κ2) is 9.63. The summed E-state index contributed by atoms with van der Waals surface area (Å²) in [4.78, 5) is 17.9. The van der Waals surface area contributed by atoms with Crippen LogP contribution in [0.4, 0.5) is 0 Å². The first kappa shape index (κ1) is 22.2. The van der Waals surface area contributed by atoms with Gasteiger partial charge in [0, 0.05) is 24.7 Å². The van der Waals surface area contributed by atoms with Crippen LogP contribution in [0.2, 0.25) is 0 Å². The Balaban J connectivity index is 1.49. The van der Waals surface area contributed by atoms with Crippen molar-refractivity contribution in [2.75, 3.05) is 26.7 Å². The number of likely N-dealkylation sites (N-methyl/N-ethyl adjacent to an activating group) is 1. The fraction of sp³-hybridized carbons (Fsp3) is 0.333. The van der Waals surface area contributed by atoms with E-state index < -0.39 is 11.6 Å². The fourth-order valence-electron chi connectivity index (χ4n) is 4.60. The molecule has 0 spiro atoms. The van der Waals surface area contributed by atoms with Gasteiger partial charge in [0.25, 0.3) is 0 Å². The first-order valence-electron chi connectivity index (χ1n) is 11.3. The van der Waals surface area contributed by atoms with Crippen LogP contribution >= 0.6 is 0 Å².